The molecule has 1 fully saturated rings. The van der Waals surface area contributed by atoms with Crippen molar-refractivity contribution in [2.45, 2.75) is 19.9 Å². The van der Waals surface area contributed by atoms with Gasteiger partial charge in [-0.3, -0.25) is 9.59 Å². The van der Waals surface area contributed by atoms with E-state index in [0.717, 1.165) is 13.1 Å². The molecule has 0 saturated carbocycles. The molecule has 0 bridgehead atoms. The number of nitrogens with zero attached hydrogens (tertiary/aromatic N) is 2. The van der Waals surface area contributed by atoms with Crippen molar-refractivity contribution in [3.8, 4) is 0 Å². The Morgan fingerprint density at radius 3 is 2.03 bits per heavy atom. The van der Waals surface area contributed by atoms with Crippen LogP contribution in [-0.4, -0.2) is 52.8 Å². The second-order valence-electron chi connectivity index (χ2n) is 7.08. The van der Waals surface area contributed by atoms with E-state index in [-0.39, 0.29) is 11.3 Å². The van der Waals surface area contributed by atoms with Crippen LogP contribution in [0.3, 0.4) is 0 Å². The van der Waals surface area contributed by atoms with Gasteiger partial charge in [0.25, 0.3) is 11.7 Å². The molecule has 0 aliphatic carbocycles. The molecule has 1 atom stereocenters. The van der Waals surface area contributed by atoms with Crippen LogP contribution in [-0.2, 0) is 9.59 Å². The monoisotopic (exact) mass is 446 g/mol. The summed E-state index contributed by atoms with van der Waals surface area (Å²) in [4.78, 5) is 29.6. The van der Waals surface area contributed by atoms with Gasteiger partial charge in [0.15, 0.2) is 0 Å². The molecule has 3 rings (SSSR count). The Bertz CT molecular complexity index is 951. The normalized spacial score (nSPS) is 18.4. The zero-order chi connectivity index (χ0) is 21.8. The third-order valence-corrected chi connectivity index (χ3v) is 5.90. The van der Waals surface area contributed by atoms with Crippen molar-refractivity contribution in [1.82, 2.24) is 9.80 Å². The van der Waals surface area contributed by atoms with E-state index >= 15 is 0 Å². The SMILES string of the molecule is CCN(CC)CCN1C(=O)C(=O)C(=C(O)c2ccc(Cl)cc2)[C@H]1c1ccc(Cl)cc1. The highest BCUT2D eigenvalue weighted by molar-refractivity contribution is 6.46. The van der Waals surface area contributed by atoms with Gasteiger partial charge in [-0.15, -0.1) is 0 Å². The summed E-state index contributed by atoms with van der Waals surface area (Å²) in [6, 6.07) is 12.8. The highest BCUT2D eigenvalue weighted by Crippen LogP contribution is 2.39. The predicted molar refractivity (Wildman–Crippen MR) is 120 cm³/mol. The minimum atomic E-state index is -0.693. The van der Waals surface area contributed by atoms with Crippen molar-refractivity contribution < 1.29 is 14.7 Å². The molecule has 158 valence electrons. The zero-order valence-electron chi connectivity index (χ0n) is 16.9. The highest BCUT2D eigenvalue weighted by atomic mass is 35.5. The van der Waals surface area contributed by atoms with Crippen LogP contribution >= 0.6 is 23.2 Å². The molecule has 0 radical (unpaired) electrons. The summed E-state index contributed by atoms with van der Waals surface area (Å²) in [6.07, 6.45) is 0. The van der Waals surface area contributed by atoms with E-state index in [1.165, 1.54) is 4.90 Å². The third-order valence-electron chi connectivity index (χ3n) is 5.39. The summed E-state index contributed by atoms with van der Waals surface area (Å²) in [5.74, 6) is -1.52. The molecule has 1 aliphatic rings. The van der Waals surface area contributed by atoms with E-state index in [4.69, 9.17) is 23.2 Å². The molecule has 2 aromatic rings. The fraction of sp³-hybridized carbons (Fsp3) is 0.304. The first-order valence-corrected chi connectivity index (χ1v) is 10.6. The van der Waals surface area contributed by atoms with Crippen molar-refractivity contribution >= 4 is 40.7 Å². The number of ketones is 1. The van der Waals surface area contributed by atoms with Crippen LogP contribution in [0.2, 0.25) is 10.0 Å². The fourth-order valence-corrected chi connectivity index (χ4v) is 3.91. The number of hydrogen-bond donors (Lipinski definition) is 1. The molecule has 30 heavy (non-hydrogen) atoms. The van der Waals surface area contributed by atoms with E-state index < -0.39 is 17.7 Å². The molecule has 1 amide bonds. The Morgan fingerprint density at radius 2 is 1.50 bits per heavy atom. The van der Waals surface area contributed by atoms with Gasteiger partial charge >= 0.3 is 0 Å². The van der Waals surface area contributed by atoms with Crippen LogP contribution in [0.5, 0.6) is 0 Å². The number of likely N-dealkylation sites (tertiary alicyclic amines) is 1. The summed E-state index contributed by atoms with van der Waals surface area (Å²) in [7, 11) is 0. The number of hydrogen-bond acceptors (Lipinski definition) is 4. The second-order valence-corrected chi connectivity index (χ2v) is 7.95. The lowest BCUT2D eigenvalue weighted by atomic mass is 9.95. The Labute approximate surface area is 186 Å². The molecule has 7 heteroatoms. The van der Waals surface area contributed by atoms with Crippen LogP contribution in [0.1, 0.15) is 31.0 Å². The zero-order valence-corrected chi connectivity index (χ0v) is 18.5. The molecule has 0 spiro atoms. The first-order chi connectivity index (χ1) is 14.4. The number of amides is 1. The van der Waals surface area contributed by atoms with Gasteiger partial charge in [0, 0.05) is 28.7 Å². The summed E-state index contributed by atoms with van der Waals surface area (Å²) in [5, 5.41) is 12.0. The summed E-state index contributed by atoms with van der Waals surface area (Å²) in [5.41, 5.74) is 1.22. The van der Waals surface area contributed by atoms with E-state index in [2.05, 4.69) is 18.7 Å². The summed E-state index contributed by atoms with van der Waals surface area (Å²) < 4.78 is 0. The number of benzene rings is 2. The van der Waals surface area contributed by atoms with Crippen LogP contribution in [0.25, 0.3) is 5.76 Å². The molecular formula is C23H24Cl2N2O3. The van der Waals surface area contributed by atoms with E-state index in [9.17, 15) is 14.7 Å². The number of aliphatic hydroxyl groups excluding tert-OH is 1. The molecular weight excluding hydrogens is 423 g/mol. The number of aliphatic hydroxyl groups is 1. The Hall–Kier alpha value is -2.34. The molecule has 0 unspecified atom stereocenters. The van der Waals surface area contributed by atoms with Crippen LogP contribution in [0, 0.1) is 0 Å². The maximum atomic E-state index is 13.0. The molecule has 1 saturated heterocycles. The van der Waals surface area contributed by atoms with Gasteiger partial charge < -0.3 is 14.9 Å². The average Bonchev–Trinajstić information content (AvgIpc) is 3.00. The van der Waals surface area contributed by atoms with Crippen molar-refractivity contribution in [3.63, 3.8) is 0 Å². The number of carbonyl (C=O) groups excluding carboxylic acids is 2. The van der Waals surface area contributed by atoms with E-state index in [0.29, 0.717) is 34.3 Å². The van der Waals surface area contributed by atoms with Gasteiger partial charge in [-0.25, -0.2) is 0 Å². The standard InChI is InChI=1S/C23H24Cl2N2O3/c1-3-26(4-2)13-14-27-20(15-5-9-17(24)10-6-15)19(22(29)23(27)30)21(28)16-7-11-18(25)12-8-16/h5-12,20,28H,3-4,13-14H2,1-2H3/t20-/m1/s1. The van der Waals surface area contributed by atoms with Gasteiger partial charge in [0.05, 0.1) is 11.6 Å². The largest absolute Gasteiger partial charge is 0.507 e. The van der Waals surface area contributed by atoms with Crippen molar-refractivity contribution in [1.29, 1.82) is 0 Å². The van der Waals surface area contributed by atoms with Gasteiger partial charge in [-0.1, -0.05) is 49.2 Å². The van der Waals surface area contributed by atoms with Gasteiger partial charge in [0.1, 0.15) is 5.76 Å². The molecule has 2 aromatic carbocycles. The smallest absolute Gasteiger partial charge is 0.295 e. The van der Waals surface area contributed by atoms with Crippen LogP contribution < -0.4 is 0 Å². The topological polar surface area (TPSA) is 60.9 Å². The van der Waals surface area contributed by atoms with Crippen molar-refractivity contribution in [2.75, 3.05) is 26.2 Å². The molecule has 5 nitrogen and oxygen atoms in total. The van der Waals surface area contributed by atoms with Crippen molar-refractivity contribution in [3.05, 3.63) is 75.3 Å². The Morgan fingerprint density at radius 1 is 0.967 bits per heavy atom. The number of Topliss-reactive ketones (excluding diaryl/α,β-unsaturated/α-hetero) is 1. The minimum absolute atomic E-state index is 0.0733. The minimum Gasteiger partial charge on any atom is -0.507 e. The maximum Gasteiger partial charge on any atom is 0.295 e. The first-order valence-electron chi connectivity index (χ1n) is 9.89. The van der Waals surface area contributed by atoms with Crippen LogP contribution in [0.4, 0.5) is 0 Å². The van der Waals surface area contributed by atoms with E-state index in [1.807, 2.05) is 0 Å². The molecule has 1 heterocycles. The van der Waals surface area contributed by atoms with Gasteiger partial charge in [-0.05, 0) is 55.1 Å². The lowest BCUT2D eigenvalue weighted by Gasteiger charge is -2.28. The molecule has 1 aliphatic heterocycles. The fourth-order valence-electron chi connectivity index (χ4n) is 3.65. The van der Waals surface area contributed by atoms with Gasteiger partial charge in [0.2, 0.25) is 0 Å². The second kappa shape index (κ2) is 9.65. The first kappa shape index (κ1) is 22.3. The molecule has 1 N–H and O–H groups in total. The quantitative estimate of drug-likeness (QED) is 0.378. The summed E-state index contributed by atoms with van der Waals surface area (Å²) in [6.45, 7) is 6.79. The number of rotatable bonds is 7. The number of carbonyl (C=O) groups is 2. The highest BCUT2D eigenvalue weighted by Gasteiger charge is 2.45. The number of halogens is 2. The Balaban J connectivity index is 2.08. The third kappa shape index (κ3) is 4.53. The predicted octanol–water partition coefficient (Wildman–Crippen LogP) is 4.76. The van der Waals surface area contributed by atoms with Crippen LogP contribution in [0.15, 0.2) is 54.1 Å². The molecule has 0 aromatic heterocycles. The lowest BCUT2D eigenvalue weighted by molar-refractivity contribution is -0.140. The average molecular weight is 447 g/mol. The number of likely N-dealkylation sites (N-methyl/N-ethyl adjacent to an activating group) is 1. The van der Waals surface area contributed by atoms with Crippen molar-refractivity contribution in [2.24, 2.45) is 0 Å². The lowest BCUT2D eigenvalue weighted by Crippen LogP contribution is -2.38. The van der Waals surface area contributed by atoms with E-state index in [1.54, 1.807) is 48.5 Å². The van der Waals surface area contributed by atoms with Gasteiger partial charge in [-0.2, -0.15) is 0 Å². The summed E-state index contributed by atoms with van der Waals surface area (Å²) >= 11 is 12.0. The Kier molecular flexibility index (Phi) is 7.19. The maximum absolute atomic E-state index is 13.0.